The molecule has 0 heterocycles. The van der Waals surface area contributed by atoms with E-state index in [1.807, 2.05) is 38.1 Å². The lowest BCUT2D eigenvalue weighted by Crippen LogP contribution is -2.36. The van der Waals surface area contributed by atoms with Crippen molar-refractivity contribution >= 4 is 0 Å². The van der Waals surface area contributed by atoms with Gasteiger partial charge in [0.1, 0.15) is 11.9 Å². The lowest BCUT2D eigenvalue weighted by Gasteiger charge is -2.34. The van der Waals surface area contributed by atoms with Crippen molar-refractivity contribution in [3.63, 3.8) is 0 Å². The highest BCUT2D eigenvalue weighted by atomic mass is 16.5. The quantitative estimate of drug-likeness (QED) is 0.855. The van der Waals surface area contributed by atoms with Gasteiger partial charge in [-0.2, -0.15) is 0 Å². The first-order valence-electron chi connectivity index (χ1n) is 7.26. The van der Waals surface area contributed by atoms with Gasteiger partial charge in [0, 0.05) is 6.61 Å². The van der Waals surface area contributed by atoms with E-state index >= 15 is 0 Å². The summed E-state index contributed by atoms with van der Waals surface area (Å²) in [7, 11) is 0. The molecule has 1 fully saturated rings. The summed E-state index contributed by atoms with van der Waals surface area (Å²) in [4.78, 5) is 0. The van der Waals surface area contributed by atoms with Gasteiger partial charge in [0.2, 0.25) is 0 Å². The van der Waals surface area contributed by atoms with Crippen molar-refractivity contribution in [2.75, 3.05) is 13.2 Å². The average molecular weight is 264 g/mol. The van der Waals surface area contributed by atoms with Gasteiger partial charge in [-0.1, -0.05) is 25.0 Å². The molecule has 106 valence electrons. The van der Waals surface area contributed by atoms with Crippen LogP contribution in [0.15, 0.2) is 24.3 Å². The van der Waals surface area contributed by atoms with Crippen LogP contribution in [-0.4, -0.2) is 23.9 Å². The third kappa shape index (κ3) is 3.10. The SMILES string of the molecule is CCOc1cccc(C(O)C2(OCC)CCCC2)c1. The van der Waals surface area contributed by atoms with E-state index in [1.54, 1.807) is 0 Å². The summed E-state index contributed by atoms with van der Waals surface area (Å²) in [5, 5.41) is 10.7. The largest absolute Gasteiger partial charge is 0.494 e. The average Bonchev–Trinajstić information content (AvgIpc) is 2.89. The Balaban J connectivity index is 2.21. The highest BCUT2D eigenvalue weighted by Gasteiger charge is 2.42. The molecule has 0 aromatic heterocycles. The van der Waals surface area contributed by atoms with Crippen molar-refractivity contribution in [2.24, 2.45) is 0 Å². The van der Waals surface area contributed by atoms with Crippen molar-refractivity contribution < 1.29 is 14.6 Å². The molecule has 1 atom stereocenters. The number of rotatable bonds is 6. The number of hydrogen-bond acceptors (Lipinski definition) is 3. The van der Waals surface area contributed by atoms with Crippen LogP contribution in [0.3, 0.4) is 0 Å². The molecule has 3 nitrogen and oxygen atoms in total. The van der Waals surface area contributed by atoms with Crippen LogP contribution in [0.4, 0.5) is 0 Å². The Bertz CT molecular complexity index is 397. The zero-order chi connectivity index (χ0) is 13.7. The molecule has 0 radical (unpaired) electrons. The molecule has 1 saturated carbocycles. The van der Waals surface area contributed by atoms with E-state index in [-0.39, 0.29) is 0 Å². The lowest BCUT2D eigenvalue weighted by molar-refractivity contribution is -0.118. The van der Waals surface area contributed by atoms with Gasteiger partial charge in [-0.15, -0.1) is 0 Å². The molecule has 19 heavy (non-hydrogen) atoms. The summed E-state index contributed by atoms with van der Waals surface area (Å²) in [6, 6.07) is 7.72. The molecule has 0 aliphatic heterocycles. The summed E-state index contributed by atoms with van der Waals surface area (Å²) >= 11 is 0. The smallest absolute Gasteiger partial charge is 0.119 e. The molecular formula is C16H24O3. The van der Waals surface area contributed by atoms with Crippen LogP contribution in [0, 0.1) is 0 Å². The van der Waals surface area contributed by atoms with E-state index in [0.29, 0.717) is 13.2 Å². The van der Waals surface area contributed by atoms with Crippen molar-refractivity contribution in [1.82, 2.24) is 0 Å². The van der Waals surface area contributed by atoms with Crippen LogP contribution < -0.4 is 4.74 Å². The van der Waals surface area contributed by atoms with Gasteiger partial charge in [0.05, 0.1) is 12.2 Å². The Hall–Kier alpha value is -1.06. The molecule has 1 N–H and O–H groups in total. The summed E-state index contributed by atoms with van der Waals surface area (Å²) in [5.74, 6) is 0.809. The molecule has 1 aromatic rings. The summed E-state index contributed by atoms with van der Waals surface area (Å²) in [6.45, 7) is 5.23. The number of benzene rings is 1. The molecule has 1 aliphatic rings. The first kappa shape index (κ1) is 14.4. The van der Waals surface area contributed by atoms with Crippen LogP contribution in [0.1, 0.15) is 51.2 Å². The molecule has 0 saturated heterocycles. The van der Waals surface area contributed by atoms with Crippen molar-refractivity contribution in [2.45, 2.75) is 51.2 Å². The standard InChI is InChI=1S/C16H24O3/c1-3-18-14-9-7-8-13(12-14)15(17)16(19-4-2)10-5-6-11-16/h7-9,12,15,17H,3-6,10-11H2,1-2H3. The minimum atomic E-state index is -0.574. The van der Waals surface area contributed by atoms with Crippen LogP contribution in [0.2, 0.25) is 0 Å². The van der Waals surface area contributed by atoms with Crippen molar-refractivity contribution in [1.29, 1.82) is 0 Å². The van der Waals surface area contributed by atoms with Gasteiger partial charge in [0.25, 0.3) is 0 Å². The fourth-order valence-electron chi connectivity index (χ4n) is 3.00. The fraction of sp³-hybridized carbons (Fsp3) is 0.625. The van der Waals surface area contributed by atoms with Gasteiger partial charge in [-0.05, 0) is 44.4 Å². The molecule has 1 aliphatic carbocycles. The maximum absolute atomic E-state index is 10.7. The number of ether oxygens (including phenoxy) is 2. The second-order valence-electron chi connectivity index (χ2n) is 5.11. The molecule has 0 spiro atoms. The van der Waals surface area contributed by atoms with Crippen LogP contribution >= 0.6 is 0 Å². The zero-order valence-corrected chi connectivity index (χ0v) is 11.9. The number of aliphatic hydroxyl groups excluding tert-OH is 1. The second kappa shape index (κ2) is 6.40. The summed E-state index contributed by atoms with van der Waals surface area (Å²) in [5.41, 5.74) is 0.487. The van der Waals surface area contributed by atoms with E-state index in [0.717, 1.165) is 37.0 Å². The Labute approximate surface area is 115 Å². The predicted molar refractivity (Wildman–Crippen MR) is 75.4 cm³/mol. The van der Waals surface area contributed by atoms with Crippen molar-refractivity contribution in [3.8, 4) is 5.75 Å². The van der Waals surface area contributed by atoms with E-state index in [9.17, 15) is 5.11 Å². The van der Waals surface area contributed by atoms with Gasteiger partial charge >= 0.3 is 0 Å². The normalized spacial score (nSPS) is 19.3. The van der Waals surface area contributed by atoms with Crippen LogP contribution in [-0.2, 0) is 4.74 Å². The maximum atomic E-state index is 10.7. The Morgan fingerprint density at radius 1 is 1.21 bits per heavy atom. The zero-order valence-electron chi connectivity index (χ0n) is 11.9. The molecule has 1 unspecified atom stereocenters. The maximum Gasteiger partial charge on any atom is 0.119 e. The topological polar surface area (TPSA) is 38.7 Å². The lowest BCUT2D eigenvalue weighted by atomic mass is 9.89. The summed E-state index contributed by atoms with van der Waals surface area (Å²) < 4.78 is 11.4. The monoisotopic (exact) mass is 264 g/mol. The predicted octanol–water partition coefficient (Wildman–Crippen LogP) is 3.47. The first-order valence-corrected chi connectivity index (χ1v) is 7.26. The minimum Gasteiger partial charge on any atom is -0.494 e. The minimum absolute atomic E-state index is 0.403. The molecular weight excluding hydrogens is 240 g/mol. The van der Waals surface area contributed by atoms with E-state index in [1.165, 1.54) is 0 Å². The van der Waals surface area contributed by atoms with Crippen molar-refractivity contribution in [3.05, 3.63) is 29.8 Å². The van der Waals surface area contributed by atoms with E-state index in [2.05, 4.69) is 0 Å². The highest BCUT2D eigenvalue weighted by molar-refractivity contribution is 5.31. The molecule has 0 amide bonds. The number of hydrogen-bond donors (Lipinski definition) is 1. The van der Waals surface area contributed by atoms with Crippen LogP contribution in [0.5, 0.6) is 5.75 Å². The Kier molecular flexibility index (Phi) is 4.83. The first-order chi connectivity index (χ1) is 9.22. The Morgan fingerprint density at radius 2 is 1.95 bits per heavy atom. The summed E-state index contributed by atoms with van der Waals surface area (Å²) in [6.07, 6.45) is 3.54. The molecule has 3 heteroatoms. The molecule has 2 rings (SSSR count). The molecule has 1 aromatic carbocycles. The van der Waals surface area contributed by atoms with Gasteiger partial charge in [-0.3, -0.25) is 0 Å². The third-order valence-corrected chi connectivity index (χ3v) is 3.86. The van der Waals surface area contributed by atoms with E-state index in [4.69, 9.17) is 9.47 Å². The second-order valence-corrected chi connectivity index (χ2v) is 5.11. The fourth-order valence-corrected chi connectivity index (χ4v) is 3.00. The third-order valence-electron chi connectivity index (χ3n) is 3.86. The van der Waals surface area contributed by atoms with Gasteiger partial charge in [0.15, 0.2) is 0 Å². The van der Waals surface area contributed by atoms with Gasteiger partial charge in [-0.25, -0.2) is 0 Å². The van der Waals surface area contributed by atoms with E-state index < -0.39 is 11.7 Å². The Morgan fingerprint density at radius 3 is 2.58 bits per heavy atom. The number of aliphatic hydroxyl groups is 1. The van der Waals surface area contributed by atoms with Crippen LogP contribution in [0.25, 0.3) is 0 Å². The van der Waals surface area contributed by atoms with Gasteiger partial charge < -0.3 is 14.6 Å². The molecule has 0 bridgehead atoms. The highest BCUT2D eigenvalue weighted by Crippen LogP contribution is 2.43.